The SMILES string of the molecule is CCNC(=O)[C@H](C)OC(=O)/C=C/c1ccc(C(F)(F)F)cc1. The maximum atomic E-state index is 12.4. The third-order valence-corrected chi connectivity index (χ3v) is 2.66. The molecule has 4 nitrogen and oxygen atoms in total. The standard InChI is InChI=1S/C15H16F3NO3/c1-3-19-14(21)10(2)22-13(20)9-6-11-4-7-12(8-5-11)15(16,17)18/h4-10H,3H2,1-2H3,(H,19,21)/b9-6+/t10-/m0/s1. The molecule has 1 N–H and O–H groups in total. The van der Waals surface area contributed by atoms with E-state index in [1.165, 1.54) is 25.1 Å². The van der Waals surface area contributed by atoms with Crippen LogP contribution in [0.15, 0.2) is 30.3 Å². The quantitative estimate of drug-likeness (QED) is 0.671. The van der Waals surface area contributed by atoms with Crippen LogP contribution in [0.5, 0.6) is 0 Å². The summed E-state index contributed by atoms with van der Waals surface area (Å²) in [5.74, 6) is -1.17. The number of esters is 1. The second-order valence-electron chi connectivity index (χ2n) is 4.43. The molecule has 0 saturated carbocycles. The fourth-order valence-corrected chi connectivity index (χ4v) is 1.53. The van der Waals surface area contributed by atoms with Crippen LogP contribution in [0, 0.1) is 0 Å². The lowest BCUT2D eigenvalue weighted by Crippen LogP contribution is -2.35. The van der Waals surface area contributed by atoms with Gasteiger partial charge in [0.1, 0.15) is 0 Å². The van der Waals surface area contributed by atoms with Gasteiger partial charge < -0.3 is 10.1 Å². The molecule has 120 valence electrons. The molecular weight excluding hydrogens is 299 g/mol. The maximum absolute atomic E-state index is 12.4. The lowest BCUT2D eigenvalue weighted by atomic mass is 10.1. The summed E-state index contributed by atoms with van der Waals surface area (Å²) in [6.45, 7) is 3.58. The Hall–Kier alpha value is -2.31. The number of ether oxygens (including phenoxy) is 1. The Kier molecular flexibility index (Phi) is 6.15. The molecule has 1 rings (SSSR count). The summed E-state index contributed by atoms with van der Waals surface area (Å²) in [5, 5.41) is 2.50. The summed E-state index contributed by atoms with van der Waals surface area (Å²) in [4.78, 5) is 22.9. The molecule has 1 aromatic carbocycles. The summed E-state index contributed by atoms with van der Waals surface area (Å²) in [5.41, 5.74) is -0.354. The Balaban J connectivity index is 2.61. The molecule has 0 saturated heterocycles. The third kappa shape index (κ3) is 5.59. The van der Waals surface area contributed by atoms with Gasteiger partial charge in [0.25, 0.3) is 5.91 Å². The Morgan fingerprint density at radius 2 is 1.86 bits per heavy atom. The molecule has 0 fully saturated rings. The van der Waals surface area contributed by atoms with E-state index in [1.54, 1.807) is 6.92 Å². The fraction of sp³-hybridized carbons (Fsp3) is 0.333. The Morgan fingerprint density at radius 3 is 2.36 bits per heavy atom. The molecule has 0 radical (unpaired) electrons. The minimum absolute atomic E-state index is 0.413. The van der Waals surface area contributed by atoms with Crippen molar-refractivity contribution in [2.75, 3.05) is 6.54 Å². The summed E-state index contributed by atoms with van der Waals surface area (Å²) >= 11 is 0. The van der Waals surface area contributed by atoms with Crippen molar-refractivity contribution in [1.82, 2.24) is 5.32 Å². The van der Waals surface area contributed by atoms with Crippen LogP contribution in [0.4, 0.5) is 13.2 Å². The molecule has 1 amide bonds. The van der Waals surface area contributed by atoms with Crippen LogP contribution >= 0.6 is 0 Å². The normalized spacial score (nSPS) is 13.0. The van der Waals surface area contributed by atoms with E-state index in [0.717, 1.165) is 18.2 Å². The number of hydrogen-bond acceptors (Lipinski definition) is 3. The predicted octanol–water partition coefficient (Wildman–Crippen LogP) is 2.79. The van der Waals surface area contributed by atoms with Crippen molar-refractivity contribution in [3.8, 4) is 0 Å². The van der Waals surface area contributed by atoms with Gasteiger partial charge in [0.05, 0.1) is 5.56 Å². The van der Waals surface area contributed by atoms with E-state index in [2.05, 4.69) is 5.32 Å². The molecular formula is C15H16F3NO3. The maximum Gasteiger partial charge on any atom is 0.416 e. The van der Waals surface area contributed by atoms with Crippen molar-refractivity contribution in [3.05, 3.63) is 41.5 Å². The number of nitrogens with one attached hydrogen (secondary N) is 1. The van der Waals surface area contributed by atoms with E-state index in [-0.39, 0.29) is 0 Å². The number of carbonyl (C=O) groups is 2. The van der Waals surface area contributed by atoms with E-state index in [9.17, 15) is 22.8 Å². The highest BCUT2D eigenvalue weighted by Crippen LogP contribution is 2.29. The number of benzene rings is 1. The first-order valence-electron chi connectivity index (χ1n) is 6.57. The van der Waals surface area contributed by atoms with Gasteiger partial charge in [0, 0.05) is 12.6 Å². The first-order chi connectivity index (χ1) is 10.2. The lowest BCUT2D eigenvalue weighted by molar-refractivity contribution is -0.150. The first-order valence-corrected chi connectivity index (χ1v) is 6.57. The molecule has 0 bridgehead atoms. The monoisotopic (exact) mass is 315 g/mol. The average molecular weight is 315 g/mol. The number of hydrogen-bond donors (Lipinski definition) is 1. The van der Waals surface area contributed by atoms with Crippen LogP contribution in [-0.4, -0.2) is 24.5 Å². The van der Waals surface area contributed by atoms with Gasteiger partial charge in [-0.15, -0.1) is 0 Å². The number of alkyl halides is 3. The van der Waals surface area contributed by atoms with E-state index >= 15 is 0 Å². The first kappa shape index (κ1) is 17.7. The average Bonchev–Trinajstić information content (AvgIpc) is 2.45. The van der Waals surface area contributed by atoms with Crippen molar-refractivity contribution >= 4 is 18.0 Å². The predicted molar refractivity (Wildman–Crippen MR) is 74.7 cm³/mol. The van der Waals surface area contributed by atoms with Gasteiger partial charge >= 0.3 is 12.1 Å². The van der Waals surface area contributed by atoms with Crippen molar-refractivity contribution in [2.24, 2.45) is 0 Å². The zero-order valence-electron chi connectivity index (χ0n) is 12.1. The number of carbonyl (C=O) groups excluding carboxylic acids is 2. The Labute approximate surface area is 126 Å². The minimum atomic E-state index is -4.40. The molecule has 7 heteroatoms. The van der Waals surface area contributed by atoms with Gasteiger partial charge in [-0.3, -0.25) is 4.79 Å². The van der Waals surface area contributed by atoms with Gasteiger partial charge in [-0.05, 0) is 37.6 Å². The van der Waals surface area contributed by atoms with Gasteiger partial charge in [0.2, 0.25) is 0 Å². The highest BCUT2D eigenvalue weighted by molar-refractivity contribution is 5.90. The number of likely N-dealkylation sites (N-methyl/N-ethyl adjacent to an activating group) is 1. The molecule has 1 atom stereocenters. The molecule has 0 spiro atoms. The van der Waals surface area contributed by atoms with E-state index < -0.39 is 29.7 Å². The number of halogens is 3. The van der Waals surface area contributed by atoms with Crippen LogP contribution in [0.25, 0.3) is 6.08 Å². The number of rotatable bonds is 5. The van der Waals surface area contributed by atoms with Crippen LogP contribution < -0.4 is 5.32 Å². The molecule has 1 aromatic rings. The lowest BCUT2D eigenvalue weighted by Gasteiger charge is -2.10. The van der Waals surface area contributed by atoms with E-state index in [4.69, 9.17) is 4.74 Å². The molecule has 0 aliphatic rings. The molecule has 0 aliphatic heterocycles. The molecule has 0 aromatic heterocycles. The summed E-state index contributed by atoms with van der Waals surface area (Å²) < 4.78 is 42.0. The van der Waals surface area contributed by atoms with Crippen molar-refractivity contribution < 1.29 is 27.5 Å². The summed E-state index contributed by atoms with van der Waals surface area (Å²) in [6, 6.07) is 4.31. The third-order valence-electron chi connectivity index (χ3n) is 2.66. The van der Waals surface area contributed by atoms with E-state index in [1.807, 2.05) is 0 Å². The van der Waals surface area contributed by atoms with Gasteiger partial charge in [-0.25, -0.2) is 4.79 Å². The molecule has 0 aliphatic carbocycles. The molecule has 0 heterocycles. The van der Waals surface area contributed by atoms with Gasteiger partial charge in [-0.1, -0.05) is 12.1 Å². The Bertz CT molecular complexity index is 550. The van der Waals surface area contributed by atoms with Crippen molar-refractivity contribution in [1.29, 1.82) is 0 Å². The largest absolute Gasteiger partial charge is 0.449 e. The van der Waals surface area contributed by atoms with Crippen molar-refractivity contribution in [2.45, 2.75) is 26.1 Å². The van der Waals surface area contributed by atoms with Crippen molar-refractivity contribution in [3.63, 3.8) is 0 Å². The minimum Gasteiger partial charge on any atom is -0.449 e. The summed E-state index contributed by atoms with van der Waals surface area (Å²) in [6.07, 6.45) is -2.97. The van der Waals surface area contributed by atoms with Crippen LogP contribution in [0.1, 0.15) is 25.0 Å². The fourth-order valence-electron chi connectivity index (χ4n) is 1.53. The highest BCUT2D eigenvalue weighted by Gasteiger charge is 2.29. The van der Waals surface area contributed by atoms with Gasteiger partial charge in [0.15, 0.2) is 6.10 Å². The smallest absolute Gasteiger partial charge is 0.416 e. The zero-order chi connectivity index (χ0) is 16.8. The number of amides is 1. The topological polar surface area (TPSA) is 55.4 Å². The zero-order valence-corrected chi connectivity index (χ0v) is 12.1. The molecule has 0 unspecified atom stereocenters. The summed E-state index contributed by atoms with van der Waals surface area (Å²) in [7, 11) is 0. The van der Waals surface area contributed by atoms with Gasteiger partial charge in [-0.2, -0.15) is 13.2 Å². The second kappa shape index (κ2) is 7.63. The second-order valence-corrected chi connectivity index (χ2v) is 4.43. The van der Waals surface area contributed by atoms with Crippen LogP contribution in [0.3, 0.4) is 0 Å². The highest BCUT2D eigenvalue weighted by atomic mass is 19.4. The van der Waals surface area contributed by atoms with Crippen LogP contribution in [-0.2, 0) is 20.5 Å². The Morgan fingerprint density at radius 1 is 1.27 bits per heavy atom. The van der Waals surface area contributed by atoms with Crippen LogP contribution in [0.2, 0.25) is 0 Å². The molecule has 22 heavy (non-hydrogen) atoms. The van der Waals surface area contributed by atoms with E-state index in [0.29, 0.717) is 12.1 Å².